The van der Waals surface area contributed by atoms with Crippen LogP contribution in [0.4, 0.5) is 0 Å². The number of aryl methyl sites for hydroxylation is 1. The molecule has 1 aromatic heterocycles. The van der Waals surface area contributed by atoms with Crippen LogP contribution in [0.5, 0.6) is 0 Å². The number of aromatic nitrogens is 4. The Balaban J connectivity index is 1.60. The van der Waals surface area contributed by atoms with Crippen molar-refractivity contribution in [2.75, 3.05) is 5.75 Å². The van der Waals surface area contributed by atoms with E-state index < -0.39 is 0 Å². The van der Waals surface area contributed by atoms with Crippen LogP contribution in [0.25, 0.3) is 5.69 Å². The predicted octanol–water partition coefficient (Wildman–Crippen LogP) is 3.00. The van der Waals surface area contributed by atoms with Gasteiger partial charge in [0.05, 0.1) is 11.4 Å². The maximum atomic E-state index is 12.4. The number of hydrogen-bond donors (Lipinski definition) is 1. The summed E-state index contributed by atoms with van der Waals surface area (Å²) in [5.74, 6) is 1.57. The highest BCUT2D eigenvalue weighted by Gasteiger charge is 2.28. The number of tetrazole rings is 1. The SMILES string of the molecule is Cc1ccccc1-n1nnnc1SCC(=O)N[C@@H]1CCC[C@H](C)[C@H]1C. The minimum absolute atomic E-state index is 0.0512. The first-order valence-electron chi connectivity index (χ1n) is 8.83. The summed E-state index contributed by atoms with van der Waals surface area (Å²) in [5, 5.41) is 15.7. The van der Waals surface area contributed by atoms with Crippen molar-refractivity contribution in [1.29, 1.82) is 0 Å². The Kier molecular flexibility index (Phi) is 5.73. The largest absolute Gasteiger partial charge is 0.352 e. The summed E-state index contributed by atoms with van der Waals surface area (Å²) >= 11 is 1.37. The number of nitrogens with zero attached hydrogens (tertiary/aromatic N) is 4. The van der Waals surface area contributed by atoms with Gasteiger partial charge >= 0.3 is 0 Å². The number of para-hydroxylation sites is 1. The lowest BCUT2D eigenvalue weighted by atomic mass is 9.78. The summed E-state index contributed by atoms with van der Waals surface area (Å²) in [6, 6.07) is 8.21. The molecule has 1 aliphatic carbocycles. The number of amides is 1. The van der Waals surface area contributed by atoms with E-state index in [1.54, 1.807) is 4.68 Å². The molecule has 1 fully saturated rings. The number of carbonyl (C=O) groups excluding carboxylic acids is 1. The second-order valence-corrected chi connectivity index (χ2v) is 7.83. The first kappa shape index (κ1) is 17.9. The lowest BCUT2D eigenvalue weighted by molar-refractivity contribution is -0.120. The van der Waals surface area contributed by atoms with Crippen LogP contribution >= 0.6 is 11.8 Å². The highest BCUT2D eigenvalue weighted by atomic mass is 32.2. The zero-order valence-corrected chi connectivity index (χ0v) is 15.8. The molecular weight excluding hydrogens is 334 g/mol. The van der Waals surface area contributed by atoms with Crippen LogP contribution in [-0.2, 0) is 4.79 Å². The molecule has 0 bridgehead atoms. The fourth-order valence-electron chi connectivity index (χ4n) is 3.39. The summed E-state index contributed by atoms with van der Waals surface area (Å²) in [7, 11) is 0. The van der Waals surface area contributed by atoms with E-state index in [4.69, 9.17) is 0 Å². The van der Waals surface area contributed by atoms with Gasteiger partial charge in [-0.1, -0.05) is 56.7 Å². The lowest BCUT2D eigenvalue weighted by Crippen LogP contribution is -2.44. The van der Waals surface area contributed by atoms with Crippen molar-refractivity contribution in [2.45, 2.75) is 51.2 Å². The zero-order valence-electron chi connectivity index (χ0n) is 15.0. The summed E-state index contributed by atoms with van der Waals surface area (Å²) in [6.07, 6.45) is 3.52. The smallest absolute Gasteiger partial charge is 0.230 e. The molecule has 134 valence electrons. The molecule has 1 aromatic carbocycles. The third-order valence-electron chi connectivity index (χ3n) is 5.17. The van der Waals surface area contributed by atoms with Gasteiger partial charge in [-0.25, -0.2) is 0 Å². The van der Waals surface area contributed by atoms with Gasteiger partial charge in [-0.3, -0.25) is 4.79 Å². The van der Waals surface area contributed by atoms with Gasteiger partial charge in [-0.15, -0.1) is 5.10 Å². The summed E-state index contributed by atoms with van der Waals surface area (Å²) in [6.45, 7) is 6.53. The summed E-state index contributed by atoms with van der Waals surface area (Å²) < 4.78 is 1.69. The Bertz CT molecular complexity index is 732. The second-order valence-electron chi connectivity index (χ2n) is 6.89. The van der Waals surface area contributed by atoms with Gasteiger partial charge in [0.1, 0.15) is 0 Å². The molecule has 6 nitrogen and oxygen atoms in total. The Hall–Kier alpha value is -1.89. The third kappa shape index (κ3) is 4.21. The molecule has 0 spiro atoms. The number of thioether (sulfide) groups is 1. The molecule has 0 aliphatic heterocycles. The normalized spacial score (nSPS) is 23.4. The quantitative estimate of drug-likeness (QED) is 0.831. The van der Waals surface area contributed by atoms with Crippen LogP contribution in [0.3, 0.4) is 0 Å². The van der Waals surface area contributed by atoms with Gasteiger partial charge in [0.2, 0.25) is 11.1 Å². The van der Waals surface area contributed by atoms with E-state index in [1.165, 1.54) is 24.6 Å². The maximum Gasteiger partial charge on any atom is 0.230 e. The van der Waals surface area contributed by atoms with E-state index in [0.29, 0.717) is 22.7 Å². The predicted molar refractivity (Wildman–Crippen MR) is 98.7 cm³/mol. The second kappa shape index (κ2) is 7.99. The first-order chi connectivity index (χ1) is 12.1. The topological polar surface area (TPSA) is 72.7 Å². The molecule has 0 unspecified atom stereocenters. The minimum atomic E-state index is 0.0512. The van der Waals surface area contributed by atoms with E-state index in [2.05, 4.69) is 34.7 Å². The van der Waals surface area contributed by atoms with Gasteiger partial charge in [0.15, 0.2) is 0 Å². The number of hydrogen-bond acceptors (Lipinski definition) is 5. The van der Waals surface area contributed by atoms with Gasteiger partial charge in [-0.2, -0.15) is 4.68 Å². The van der Waals surface area contributed by atoms with E-state index >= 15 is 0 Å². The maximum absolute atomic E-state index is 12.4. The summed E-state index contributed by atoms with van der Waals surface area (Å²) in [4.78, 5) is 12.4. The lowest BCUT2D eigenvalue weighted by Gasteiger charge is -2.34. The zero-order chi connectivity index (χ0) is 17.8. The highest BCUT2D eigenvalue weighted by Crippen LogP contribution is 2.29. The molecule has 1 amide bonds. The minimum Gasteiger partial charge on any atom is -0.352 e. The molecule has 25 heavy (non-hydrogen) atoms. The van der Waals surface area contributed by atoms with Crippen molar-refractivity contribution in [2.24, 2.45) is 11.8 Å². The average molecular weight is 359 g/mol. The Morgan fingerprint density at radius 3 is 2.92 bits per heavy atom. The van der Waals surface area contributed by atoms with Gasteiger partial charge < -0.3 is 5.32 Å². The van der Waals surface area contributed by atoms with Crippen LogP contribution < -0.4 is 5.32 Å². The molecule has 3 rings (SSSR count). The van der Waals surface area contributed by atoms with Crippen molar-refractivity contribution in [3.05, 3.63) is 29.8 Å². The highest BCUT2D eigenvalue weighted by molar-refractivity contribution is 7.99. The van der Waals surface area contributed by atoms with Crippen molar-refractivity contribution in [1.82, 2.24) is 25.5 Å². The summed E-state index contributed by atoms with van der Waals surface area (Å²) in [5.41, 5.74) is 2.02. The van der Waals surface area contributed by atoms with E-state index in [1.807, 2.05) is 31.2 Å². The Morgan fingerprint density at radius 1 is 1.32 bits per heavy atom. The van der Waals surface area contributed by atoms with E-state index in [-0.39, 0.29) is 11.9 Å². The van der Waals surface area contributed by atoms with Crippen molar-refractivity contribution in [3.63, 3.8) is 0 Å². The number of benzene rings is 1. The monoisotopic (exact) mass is 359 g/mol. The van der Waals surface area contributed by atoms with Gasteiger partial charge in [0.25, 0.3) is 0 Å². The Labute approximate surface area is 152 Å². The van der Waals surface area contributed by atoms with Gasteiger partial charge in [-0.05, 0) is 47.2 Å². The molecule has 3 atom stereocenters. The molecule has 0 saturated heterocycles. The van der Waals surface area contributed by atoms with Crippen molar-refractivity contribution in [3.8, 4) is 5.69 Å². The van der Waals surface area contributed by atoms with Crippen LogP contribution in [0.15, 0.2) is 29.4 Å². The Morgan fingerprint density at radius 2 is 2.12 bits per heavy atom. The van der Waals surface area contributed by atoms with Crippen molar-refractivity contribution >= 4 is 17.7 Å². The number of carbonyl (C=O) groups is 1. The van der Waals surface area contributed by atoms with E-state index in [0.717, 1.165) is 17.7 Å². The standard InChI is InChI=1S/C18H25N5OS/c1-12-8-6-9-15(14(12)3)19-17(24)11-25-18-20-21-22-23(18)16-10-5-4-7-13(16)2/h4-5,7,10,12,14-15H,6,8-9,11H2,1-3H3,(H,19,24)/t12-,14+,15+/m0/s1. The average Bonchev–Trinajstić information content (AvgIpc) is 3.06. The number of nitrogens with one attached hydrogen (secondary N) is 1. The molecule has 1 N–H and O–H groups in total. The molecule has 7 heteroatoms. The molecule has 0 radical (unpaired) electrons. The van der Waals surface area contributed by atoms with Crippen LogP contribution in [0, 0.1) is 18.8 Å². The van der Waals surface area contributed by atoms with Gasteiger partial charge in [0, 0.05) is 6.04 Å². The fraction of sp³-hybridized carbons (Fsp3) is 0.556. The molecule has 1 saturated carbocycles. The van der Waals surface area contributed by atoms with Crippen LogP contribution in [0.2, 0.25) is 0 Å². The van der Waals surface area contributed by atoms with E-state index in [9.17, 15) is 4.79 Å². The molecular formula is C18H25N5OS. The van der Waals surface area contributed by atoms with Crippen LogP contribution in [-0.4, -0.2) is 37.9 Å². The fourth-order valence-corrected chi connectivity index (χ4v) is 4.08. The van der Waals surface area contributed by atoms with Crippen LogP contribution in [0.1, 0.15) is 38.7 Å². The molecule has 2 aromatic rings. The molecule has 1 heterocycles. The molecule has 1 aliphatic rings. The number of rotatable bonds is 5. The first-order valence-corrected chi connectivity index (χ1v) is 9.81. The third-order valence-corrected chi connectivity index (χ3v) is 6.09. The van der Waals surface area contributed by atoms with Crippen molar-refractivity contribution < 1.29 is 4.79 Å².